The zero-order valence-corrected chi connectivity index (χ0v) is 9.22. The maximum Gasteiger partial charge on any atom is 0.142 e. The predicted molar refractivity (Wildman–Crippen MR) is 54.0 cm³/mol. The maximum atomic E-state index is 5.36. The Morgan fingerprint density at radius 2 is 1.92 bits per heavy atom. The molecule has 1 heterocycles. The van der Waals surface area contributed by atoms with Crippen molar-refractivity contribution in [3.8, 4) is 0 Å². The van der Waals surface area contributed by atoms with Crippen molar-refractivity contribution >= 4 is 0 Å². The fourth-order valence-electron chi connectivity index (χ4n) is 1.54. The molecule has 0 fully saturated rings. The Hall–Kier alpha value is -0.790. The Kier molecular flexibility index (Phi) is 3.12. The van der Waals surface area contributed by atoms with Crippen LogP contribution < -0.4 is 0 Å². The summed E-state index contributed by atoms with van der Waals surface area (Å²) >= 11 is 0. The van der Waals surface area contributed by atoms with Crippen LogP contribution in [0.15, 0.2) is 4.52 Å². The number of hydrogen-bond acceptors (Lipinski definition) is 2. The van der Waals surface area contributed by atoms with E-state index in [2.05, 4.69) is 39.8 Å². The summed E-state index contributed by atoms with van der Waals surface area (Å²) in [5.41, 5.74) is 2.35. The molecule has 13 heavy (non-hydrogen) atoms. The van der Waals surface area contributed by atoms with Gasteiger partial charge in [-0.3, -0.25) is 0 Å². The van der Waals surface area contributed by atoms with Crippen LogP contribution in [0, 0.1) is 6.92 Å². The normalized spacial score (nSPS) is 13.7. The van der Waals surface area contributed by atoms with E-state index in [-0.39, 0.29) is 0 Å². The fourth-order valence-corrected chi connectivity index (χ4v) is 1.54. The smallest absolute Gasteiger partial charge is 0.142 e. The Bertz CT molecular complexity index is 276. The van der Waals surface area contributed by atoms with Gasteiger partial charge in [0.05, 0.1) is 5.69 Å². The van der Waals surface area contributed by atoms with Crippen LogP contribution in [-0.2, 0) is 0 Å². The molecule has 0 saturated heterocycles. The highest BCUT2D eigenvalue weighted by Gasteiger charge is 2.17. The van der Waals surface area contributed by atoms with Gasteiger partial charge in [0, 0.05) is 11.5 Å². The molecule has 1 aromatic rings. The molecule has 0 bridgehead atoms. The second-order valence-electron chi connectivity index (χ2n) is 4.02. The Morgan fingerprint density at radius 3 is 2.31 bits per heavy atom. The highest BCUT2D eigenvalue weighted by atomic mass is 16.5. The van der Waals surface area contributed by atoms with Crippen molar-refractivity contribution < 1.29 is 4.52 Å². The summed E-state index contributed by atoms with van der Waals surface area (Å²) < 4.78 is 5.36. The predicted octanol–water partition coefficient (Wildman–Crippen LogP) is 3.62. The van der Waals surface area contributed by atoms with Gasteiger partial charge in [-0.15, -0.1) is 0 Å². The van der Waals surface area contributed by atoms with Crippen LogP contribution in [0.3, 0.4) is 0 Å². The van der Waals surface area contributed by atoms with Crippen LogP contribution in [0.2, 0.25) is 0 Å². The molecule has 1 rings (SSSR count). The lowest BCUT2D eigenvalue weighted by atomic mass is 9.98. The van der Waals surface area contributed by atoms with Gasteiger partial charge in [-0.2, -0.15) is 0 Å². The molecule has 0 N–H and O–H groups in total. The highest BCUT2D eigenvalue weighted by Crippen LogP contribution is 2.27. The highest BCUT2D eigenvalue weighted by molar-refractivity contribution is 5.25. The minimum absolute atomic E-state index is 0.460. The van der Waals surface area contributed by atoms with Gasteiger partial charge in [-0.05, 0) is 19.3 Å². The summed E-state index contributed by atoms with van der Waals surface area (Å²) in [6.45, 7) is 10.7. The molecule has 0 amide bonds. The summed E-state index contributed by atoms with van der Waals surface area (Å²) in [6.07, 6.45) is 1.10. The average Bonchev–Trinajstić information content (AvgIpc) is 2.46. The Balaban J connectivity index is 2.99. The van der Waals surface area contributed by atoms with Crippen LogP contribution in [-0.4, -0.2) is 5.16 Å². The van der Waals surface area contributed by atoms with E-state index in [1.165, 1.54) is 5.56 Å². The minimum Gasteiger partial charge on any atom is -0.361 e. The van der Waals surface area contributed by atoms with Crippen LogP contribution in [0.5, 0.6) is 0 Å². The monoisotopic (exact) mass is 181 g/mol. The number of rotatable bonds is 3. The first kappa shape index (κ1) is 10.3. The van der Waals surface area contributed by atoms with Crippen LogP contribution in [0.4, 0.5) is 0 Å². The molecule has 2 nitrogen and oxygen atoms in total. The topological polar surface area (TPSA) is 26.0 Å². The van der Waals surface area contributed by atoms with Crippen LogP contribution >= 0.6 is 0 Å². The van der Waals surface area contributed by atoms with Crippen molar-refractivity contribution in [1.29, 1.82) is 0 Å². The molecule has 74 valence electrons. The molecule has 0 aromatic carbocycles. The molecule has 0 aliphatic heterocycles. The van der Waals surface area contributed by atoms with Gasteiger partial charge in [0.2, 0.25) is 0 Å². The van der Waals surface area contributed by atoms with Gasteiger partial charge in [-0.25, -0.2) is 0 Å². The van der Waals surface area contributed by atoms with Crippen LogP contribution in [0.25, 0.3) is 0 Å². The molecule has 0 radical (unpaired) electrons. The van der Waals surface area contributed by atoms with Crippen molar-refractivity contribution in [2.75, 3.05) is 0 Å². The van der Waals surface area contributed by atoms with Gasteiger partial charge in [0.1, 0.15) is 5.76 Å². The van der Waals surface area contributed by atoms with Crippen LogP contribution in [0.1, 0.15) is 63.0 Å². The first-order valence-corrected chi connectivity index (χ1v) is 5.04. The number of hydrogen-bond donors (Lipinski definition) is 0. The SMILES string of the molecule is CCC(C)c1onc(C(C)C)c1C. The third kappa shape index (κ3) is 1.93. The standard InChI is InChI=1S/C11H19NO/c1-6-8(4)11-9(5)10(7(2)3)12-13-11/h7-8H,6H2,1-5H3. The van der Waals surface area contributed by atoms with E-state index in [0.717, 1.165) is 17.9 Å². The van der Waals surface area contributed by atoms with E-state index < -0.39 is 0 Å². The van der Waals surface area contributed by atoms with E-state index in [1.54, 1.807) is 0 Å². The first-order valence-electron chi connectivity index (χ1n) is 5.04. The van der Waals surface area contributed by atoms with Crippen molar-refractivity contribution in [3.63, 3.8) is 0 Å². The largest absolute Gasteiger partial charge is 0.361 e. The molecular formula is C11H19NO. The summed E-state index contributed by atoms with van der Waals surface area (Å²) in [4.78, 5) is 0. The summed E-state index contributed by atoms with van der Waals surface area (Å²) in [5.74, 6) is 2.01. The van der Waals surface area contributed by atoms with Crippen molar-refractivity contribution in [3.05, 3.63) is 17.0 Å². The van der Waals surface area contributed by atoms with Crippen molar-refractivity contribution in [2.24, 2.45) is 0 Å². The quantitative estimate of drug-likeness (QED) is 0.711. The fraction of sp³-hybridized carbons (Fsp3) is 0.727. The maximum absolute atomic E-state index is 5.36. The zero-order chi connectivity index (χ0) is 10.0. The lowest BCUT2D eigenvalue weighted by Crippen LogP contribution is -1.94. The van der Waals surface area contributed by atoms with E-state index in [1.807, 2.05) is 0 Å². The van der Waals surface area contributed by atoms with Crippen molar-refractivity contribution in [2.45, 2.75) is 52.9 Å². The summed E-state index contributed by atoms with van der Waals surface area (Å²) in [6, 6.07) is 0. The third-order valence-corrected chi connectivity index (χ3v) is 2.60. The summed E-state index contributed by atoms with van der Waals surface area (Å²) in [7, 11) is 0. The summed E-state index contributed by atoms with van der Waals surface area (Å²) in [5, 5.41) is 4.11. The Morgan fingerprint density at radius 1 is 1.31 bits per heavy atom. The average molecular weight is 181 g/mol. The minimum atomic E-state index is 0.460. The van der Waals surface area contributed by atoms with E-state index in [4.69, 9.17) is 4.52 Å². The second-order valence-corrected chi connectivity index (χ2v) is 4.02. The zero-order valence-electron chi connectivity index (χ0n) is 9.22. The Labute approximate surface area is 80.3 Å². The molecule has 1 aromatic heterocycles. The third-order valence-electron chi connectivity index (χ3n) is 2.60. The lowest BCUT2D eigenvalue weighted by Gasteiger charge is -2.05. The first-order chi connectivity index (χ1) is 6.07. The molecule has 0 aliphatic rings. The lowest BCUT2D eigenvalue weighted by molar-refractivity contribution is 0.355. The van der Waals surface area contributed by atoms with Gasteiger partial charge >= 0.3 is 0 Å². The van der Waals surface area contributed by atoms with Gasteiger partial charge in [0.25, 0.3) is 0 Å². The van der Waals surface area contributed by atoms with Gasteiger partial charge in [-0.1, -0.05) is 32.9 Å². The molecule has 1 atom stereocenters. The second kappa shape index (κ2) is 3.95. The molecular weight excluding hydrogens is 162 g/mol. The molecule has 0 saturated carbocycles. The molecule has 2 heteroatoms. The number of nitrogens with zero attached hydrogens (tertiary/aromatic N) is 1. The van der Waals surface area contributed by atoms with Gasteiger partial charge in [0.15, 0.2) is 0 Å². The molecule has 0 spiro atoms. The van der Waals surface area contributed by atoms with E-state index in [0.29, 0.717) is 11.8 Å². The molecule has 0 aliphatic carbocycles. The van der Waals surface area contributed by atoms with Crippen molar-refractivity contribution in [1.82, 2.24) is 5.16 Å². The van der Waals surface area contributed by atoms with Gasteiger partial charge < -0.3 is 4.52 Å². The number of aromatic nitrogens is 1. The molecule has 1 unspecified atom stereocenters. The van der Waals surface area contributed by atoms with E-state index >= 15 is 0 Å². The van der Waals surface area contributed by atoms with E-state index in [9.17, 15) is 0 Å².